The van der Waals surface area contributed by atoms with Gasteiger partial charge in [-0.1, -0.05) is 31.4 Å². The van der Waals surface area contributed by atoms with E-state index in [1.54, 1.807) is 7.11 Å². The number of hydrogen-bond acceptors (Lipinski definition) is 2. The molecule has 3 nitrogen and oxygen atoms in total. The molecular weight excluding hydrogens is 252 g/mol. The quantitative estimate of drug-likeness (QED) is 0.857. The highest BCUT2D eigenvalue weighted by molar-refractivity contribution is 5.70. The average Bonchev–Trinajstić information content (AvgIpc) is 2.48. The minimum Gasteiger partial charge on any atom is -0.497 e. The summed E-state index contributed by atoms with van der Waals surface area (Å²) in [6, 6.07) is 7.92. The Balaban J connectivity index is 1.95. The largest absolute Gasteiger partial charge is 0.497 e. The van der Waals surface area contributed by atoms with E-state index >= 15 is 0 Å². The van der Waals surface area contributed by atoms with Crippen LogP contribution in [0, 0.1) is 11.8 Å². The van der Waals surface area contributed by atoms with Gasteiger partial charge in [0.25, 0.3) is 0 Å². The minimum atomic E-state index is -0.625. The van der Waals surface area contributed by atoms with Gasteiger partial charge in [-0.25, -0.2) is 0 Å². The second-order valence-electron chi connectivity index (χ2n) is 5.73. The summed E-state index contributed by atoms with van der Waals surface area (Å²) in [6.07, 6.45) is 7.34. The Bertz CT molecular complexity index is 436. The zero-order chi connectivity index (χ0) is 14.4. The second kappa shape index (κ2) is 7.32. The third-order valence-corrected chi connectivity index (χ3v) is 4.41. The Labute approximate surface area is 121 Å². The van der Waals surface area contributed by atoms with Crippen LogP contribution in [-0.2, 0) is 11.2 Å². The first-order valence-electron chi connectivity index (χ1n) is 7.56. The third kappa shape index (κ3) is 3.99. The van der Waals surface area contributed by atoms with Gasteiger partial charge in [0, 0.05) is 0 Å². The summed E-state index contributed by atoms with van der Waals surface area (Å²) in [7, 11) is 1.65. The summed E-state index contributed by atoms with van der Waals surface area (Å²) < 4.78 is 5.21. The molecular formula is C17H24O3. The summed E-state index contributed by atoms with van der Waals surface area (Å²) in [6.45, 7) is 0. The Hall–Kier alpha value is -1.51. The molecule has 1 aliphatic carbocycles. The molecule has 1 aromatic rings. The monoisotopic (exact) mass is 276 g/mol. The molecule has 20 heavy (non-hydrogen) atoms. The predicted molar refractivity (Wildman–Crippen MR) is 79.0 cm³/mol. The first-order chi connectivity index (χ1) is 9.70. The van der Waals surface area contributed by atoms with E-state index in [0.29, 0.717) is 5.92 Å². The van der Waals surface area contributed by atoms with E-state index in [4.69, 9.17) is 4.74 Å². The fourth-order valence-corrected chi connectivity index (χ4v) is 3.25. The van der Waals surface area contributed by atoms with E-state index < -0.39 is 5.97 Å². The van der Waals surface area contributed by atoms with Gasteiger partial charge in [0.05, 0.1) is 13.0 Å². The van der Waals surface area contributed by atoms with E-state index in [1.807, 2.05) is 24.3 Å². The second-order valence-corrected chi connectivity index (χ2v) is 5.73. The van der Waals surface area contributed by atoms with Gasteiger partial charge in [0.1, 0.15) is 5.75 Å². The molecule has 0 radical (unpaired) electrons. The molecule has 1 fully saturated rings. The van der Waals surface area contributed by atoms with Crippen molar-refractivity contribution < 1.29 is 14.6 Å². The van der Waals surface area contributed by atoms with Gasteiger partial charge in [-0.3, -0.25) is 4.79 Å². The summed E-state index contributed by atoms with van der Waals surface area (Å²) in [5.41, 5.74) is 1.16. The number of methoxy groups -OCH3 is 1. The lowest BCUT2D eigenvalue weighted by atomic mass is 9.77. The molecule has 2 rings (SSSR count). The molecule has 0 amide bonds. The number of carbonyl (C=O) groups is 1. The molecule has 1 aliphatic rings. The van der Waals surface area contributed by atoms with E-state index in [9.17, 15) is 9.90 Å². The molecule has 110 valence electrons. The van der Waals surface area contributed by atoms with E-state index in [2.05, 4.69) is 0 Å². The summed E-state index contributed by atoms with van der Waals surface area (Å²) >= 11 is 0. The zero-order valence-electron chi connectivity index (χ0n) is 12.2. The smallest absolute Gasteiger partial charge is 0.306 e. The summed E-state index contributed by atoms with van der Waals surface area (Å²) in [4.78, 5) is 11.5. The lowest BCUT2D eigenvalue weighted by molar-refractivity contribution is -0.144. The maximum Gasteiger partial charge on any atom is 0.306 e. The number of ether oxygens (including phenoxy) is 1. The van der Waals surface area contributed by atoms with Crippen LogP contribution in [0.4, 0.5) is 0 Å². The van der Waals surface area contributed by atoms with Crippen molar-refractivity contribution in [3.8, 4) is 5.75 Å². The van der Waals surface area contributed by atoms with Crippen LogP contribution in [0.1, 0.15) is 44.1 Å². The maximum absolute atomic E-state index is 11.5. The molecule has 0 aromatic heterocycles. The molecule has 1 aromatic carbocycles. The van der Waals surface area contributed by atoms with E-state index in [1.165, 1.54) is 19.3 Å². The van der Waals surface area contributed by atoms with Crippen molar-refractivity contribution in [3.63, 3.8) is 0 Å². The number of benzene rings is 1. The Morgan fingerprint density at radius 1 is 1.35 bits per heavy atom. The highest BCUT2D eigenvalue weighted by Crippen LogP contribution is 2.32. The normalized spacial score (nSPS) is 17.6. The van der Waals surface area contributed by atoms with Crippen molar-refractivity contribution >= 4 is 5.97 Å². The Kier molecular flexibility index (Phi) is 5.45. The summed E-state index contributed by atoms with van der Waals surface area (Å²) in [5, 5.41) is 9.48. The predicted octanol–water partition coefficient (Wildman–Crippen LogP) is 3.91. The topological polar surface area (TPSA) is 46.5 Å². The average molecular weight is 276 g/mol. The van der Waals surface area contributed by atoms with Crippen LogP contribution in [0.2, 0.25) is 0 Å². The van der Waals surface area contributed by atoms with Crippen molar-refractivity contribution in [2.45, 2.75) is 44.9 Å². The highest BCUT2D eigenvalue weighted by atomic mass is 16.5. The Morgan fingerprint density at radius 3 is 2.75 bits per heavy atom. The standard InChI is InChI=1S/C17H24O3/c1-20-15-9-5-6-13(12-15)10-11-16(17(18)19)14-7-3-2-4-8-14/h5-6,9,12,14,16H,2-4,7-8,10-11H2,1H3,(H,18,19). The van der Waals surface area contributed by atoms with Gasteiger partial charge in [-0.15, -0.1) is 0 Å². The third-order valence-electron chi connectivity index (χ3n) is 4.41. The summed E-state index contributed by atoms with van der Waals surface area (Å²) in [5.74, 6) is 0.389. The molecule has 0 saturated heterocycles. The lowest BCUT2D eigenvalue weighted by Gasteiger charge is -2.27. The number of hydrogen-bond donors (Lipinski definition) is 1. The SMILES string of the molecule is COc1cccc(CCC(C(=O)O)C2CCCCC2)c1. The molecule has 3 heteroatoms. The van der Waals surface area contributed by atoms with Gasteiger partial charge in [-0.2, -0.15) is 0 Å². The van der Waals surface area contributed by atoms with Crippen LogP contribution in [0.15, 0.2) is 24.3 Å². The van der Waals surface area contributed by atoms with Gasteiger partial charge in [-0.05, 0) is 49.3 Å². The minimum absolute atomic E-state index is 0.193. The molecule has 0 bridgehead atoms. The van der Waals surface area contributed by atoms with Gasteiger partial charge >= 0.3 is 5.97 Å². The number of rotatable bonds is 6. The van der Waals surface area contributed by atoms with E-state index in [-0.39, 0.29) is 5.92 Å². The van der Waals surface area contributed by atoms with Crippen LogP contribution in [-0.4, -0.2) is 18.2 Å². The van der Waals surface area contributed by atoms with Crippen molar-refractivity contribution in [1.82, 2.24) is 0 Å². The fraction of sp³-hybridized carbons (Fsp3) is 0.588. The van der Waals surface area contributed by atoms with Crippen LogP contribution >= 0.6 is 0 Å². The lowest BCUT2D eigenvalue weighted by Crippen LogP contribution is -2.26. The van der Waals surface area contributed by atoms with Gasteiger partial charge in [0.2, 0.25) is 0 Å². The molecule has 1 unspecified atom stereocenters. The van der Waals surface area contributed by atoms with E-state index in [0.717, 1.165) is 37.0 Å². The molecule has 1 saturated carbocycles. The molecule has 1 N–H and O–H groups in total. The molecule has 0 aliphatic heterocycles. The van der Waals surface area contributed by atoms with Crippen LogP contribution < -0.4 is 4.74 Å². The fourth-order valence-electron chi connectivity index (χ4n) is 3.25. The zero-order valence-corrected chi connectivity index (χ0v) is 12.2. The molecule has 0 spiro atoms. The van der Waals surface area contributed by atoms with Gasteiger partial charge < -0.3 is 9.84 Å². The number of aryl methyl sites for hydroxylation is 1. The molecule has 0 heterocycles. The molecule has 1 atom stereocenters. The highest BCUT2D eigenvalue weighted by Gasteiger charge is 2.28. The van der Waals surface area contributed by atoms with Crippen molar-refractivity contribution in [3.05, 3.63) is 29.8 Å². The maximum atomic E-state index is 11.5. The number of carboxylic acids is 1. The Morgan fingerprint density at radius 2 is 2.10 bits per heavy atom. The number of aliphatic carboxylic acids is 1. The van der Waals surface area contributed by atoms with Crippen molar-refractivity contribution in [1.29, 1.82) is 0 Å². The van der Waals surface area contributed by atoms with Gasteiger partial charge in [0.15, 0.2) is 0 Å². The van der Waals surface area contributed by atoms with Crippen LogP contribution in [0.25, 0.3) is 0 Å². The van der Waals surface area contributed by atoms with Crippen LogP contribution in [0.3, 0.4) is 0 Å². The van der Waals surface area contributed by atoms with Crippen LogP contribution in [0.5, 0.6) is 5.75 Å². The van der Waals surface area contributed by atoms with Crippen molar-refractivity contribution in [2.75, 3.05) is 7.11 Å². The first-order valence-corrected chi connectivity index (χ1v) is 7.56. The van der Waals surface area contributed by atoms with Crippen molar-refractivity contribution in [2.24, 2.45) is 11.8 Å². The number of carboxylic acid groups (broad SMARTS) is 1. The first kappa shape index (κ1) is 14.9.